The van der Waals surface area contributed by atoms with Gasteiger partial charge < -0.3 is 18.9 Å². The van der Waals surface area contributed by atoms with Gasteiger partial charge in [-0.1, -0.05) is 84.1 Å². The predicted octanol–water partition coefficient (Wildman–Crippen LogP) is 6.33. The number of fused-ring (bicyclic) bond motifs is 2. The van der Waals surface area contributed by atoms with Crippen LogP contribution in [-0.2, 0) is 16.1 Å². The standard InChI is InChI=1S/C38H36N2O6S/c1-6-44-37(42)33-24(4)39-38-40(34(33)29-18-9-10-19-30(29)46-23(2)3)36(41)32(47-38)21-26-15-12-20-31(43-5)35(26)45-22-27-16-11-14-25-13-7-8-17-28(25)27/h7-21,23,34H,6,22H2,1-5H3/b32-21-/t34-/m1/s1. The number of aromatic nitrogens is 1. The Morgan fingerprint density at radius 1 is 0.979 bits per heavy atom. The van der Waals surface area contributed by atoms with Crippen LogP contribution in [0.5, 0.6) is 17.2 Å². The van der Waals surface area contributed by atoms with Crippen molar-refractivity contribution in [2.75, 3.05) is 13.7 Å². The largest absolute Gasteiger partial charge is 0.493 e. The minimum absolute atomic E-state index is 0.122. The Morgan fingerprint density at radius 3 is 2.49 bits per heavy atom. The summed E-state index contributed by atoms with van der Waals surface area (Å²) >= 11 is 1.25. The quantitative estimate of drug-likeness (QED) is 0.165. The normalized spacial score (nSPS) is 14.6. The van der Waals surface area contributed by atoms with Gasteiger partial charge in [-0.2, -0.15) is 0 Å². The summed E-state index contributed by atoms with van der Waals surface area (Å²) in [6.45, 7) is 7.88. The van der Waals surface area contributed by atoms with Crippen molar-refractivity contribution in [2.45, 2.75) is 46.4 Å². The molecule has 6 rings (SSSR count). The first-order valence-corrected chi connectivity index (χ1v) is 16.3. The summed E-state index contributed by atoms with van der Waals surface area (Å²) in [6, 6.07) is 26.5. The molecular formula is C38H36N2O6S. The Balaban J connectivity index is 1.48. The number of thiazole rings is 1. The molecular weight excluding hydrogens is 612 g/mol. The van der Waals surface area contributed by atoms with Crippen LogP contribution in [0, 0.1) is 0 Å². The molecule has 0 saturated heterocycles. The van der Waals surface area contributed by atoms with Gasteiger partial charge in [-0.15, -0.1) is 0 Å². The number of hydrogen-bond donors (Lipinski definition) is 0. The number of methoxy groups -OCH3 is 1. The maximum absolute atomic E-state index is 14.4. The van der Waals surface area contributed by atoms with Gasteiger partial charge in [-0.25, -0.2) is 9.79 Å². The molecule has 1 aliphatic heterocycles. The van der Waals surface area contributed by atoms with E-state index in [9.17, 15) is 9.59 Å². The lowest BCUT2D eigenvalue weighted by molar-refractivity contribution is -0.139. The number of carbonyl (C=O) groups is 1. The highest BCUT2D eigenvalue weighted by atomic mass is 32.1. The molecule has 5 aromatic rings. The molecule has 1 aliphatic rings. The van der Waals surface area contributed by atoms with E-state index in [1.54, 1.807) is 31.6 Å². The molecule has 1 atom stereocenters. The summed E-state index contributed by atoms with van der Waals surface area (Å²) in [4.78, 5) is 32.9. The number of carbonyl (C=O) groups excluding carboxylic acids is 1. The van der Waals surface area contributed by atoms with E-state index in [1.807, 2.05) is 80.6 Å². The molecule has 0 amide bonds. The van der Waals surface area contributed by atoms with Gasteiger partial charge in [-0.05, 0) is 62.2 Å². The van der Waals surface area contributed by atoms with Crippen molar-refractivity contribution in [3.05, 3.63) is 133 Å². The van der Waals surface area contributed by atoms with E-state index in [2.05, 4.69) is 18.2 Å². The van der Waals surface area contributed by atoms with Crippen molar-refractivity contribution in [1.82, 2.24) is 4.57 Å². The summed E-state index contributed by atoms with van der Waals surface area (Å²) in [6.07, 6.45) is 1.67. The number of benzene rings is 4. The maximum atomic E-state index is 14.4. The molecule has 0 aliphatic carbocycles. The highest BCUT2D eigenvalue weighted by molar-refractivity contribution is 7.07. The second kappa shape index (κ2) is 13.7. The van der Waals surface area contributed by atoms with Crippen molar-refractivity contribution in [3.8, 4) is 17.2 Å². The Morgan fingerprint density at radius 2 is 1.70 bits per heavy atom. The second-order valence-electron chi connectivity index (χ2n) is 11.3. The van der Waals surface area contributed by atoms with Gasteiger partial charge in [-0.3, -0.25) is 9.36 Å². The lowest BCUT2D eigenvalue weighted by Crippen LogP contribution is -2.40. The molecule has 4 aromatic carbocycles. The zero-order valence-corrected chi connectivity index (χ0v) is 27.8. The van der Waals surface area contributed by atoms with E-state index in [0.29, 0.717) is 55.6 Å². The third-order valence-corrected chi connectivity index (χ3v) is 8.84. The average molecular weight is 649 g/mol. The summed E-state index contributed by atoms with van der Waals surface area (Å²) < 4.78 is 25.7. The van der Waals surface area contributed by atoms with Crippen molar-refractivity contribution in [3.63, 3.8) is 0 Å². The van der Waals surface area contributed by atoms with E-state index in [-0.39, 0.29) is 18.3 Å². The Kier molecular flexibility index (Phi) is 9.26. The molecule has 1 aromatic heterocycles. The highest BCUT2D eigenvalue weighted by Gasteiger charge is 2.35. The van der Waals surface area contributed by atoms with Crippen LogP contribution in [0.4, 0.5) is 0 Å². The summed E-state index contributed by atoms with van der Waals surface area (Å²) in [5.74, 6) is 1.12. The topological polar surface area (TPSA) is 88.4 Å². The first-order chi connectivity index (χ1) is 22.8. The molecule has 9 heteroatoms. The molecule has 0 spiro atoms. The molecule has 0 fully saturated rings. The van der Waals surface area contributed by atoms with Gasteiger partial charge in [0.2, 0.25) is 0 Å². The van der Waals surface area contributed by atoms with Gasteiger partial charge in [0.15, 0.2) is 16.3 Å². The van der Waals surface area contributed by atoms with Crippen LogP contribution < -0.4 is 29.1 Å². The number of rotatable bonds is 10. The fourth-order valence-corrected chi connectivity index (χ4v) is 6.86. The Labute approximate surface area is 276 Å². The van der Waals surface area contributed by atoms with Crippen LogP contribution in [0.1, 0.15) is 50.4 Å². The number of ether oxygens (including phenoxy) is 4. The zero-order valence-electron chi connectivity index (χ0n) is 27.0. The Bertz CT molecular complexity index is 2170. The van der Waals surface area contributed by atoms with Crippen LogP contribution in [-0.4, -0.2) is 30.4 Å². The zero-order chi connectivity index (χ0) is 33.1. The third-order valence-electron chi connectivity index (χ3n) is 7.86. The fourth-order valence-electron chi connectivity index (χ4n) is 5.82. The summed E-state index contributed by atoms with van der Waals surface area (Å²) in [5.41, 5.74) is 2.87. The summed E-state index contributed by atoms with van der Waals surface area (Å²) in [7, 11) is 1.59. The Hall–Kier alpha value is -5.15. The average Bonchev–Trinajstić information content (AvgIpc) is 3.37. The fraction of sp³-hybridized carbons (Fsp3) is 0.237. The van der Waals surface area contributed by atoms with Gasteiger partial charge in [0.25, 0.3) is 5.56 Å². The van der Waals surface area contributed by atoms with Crippen LogP contribution in [0.3, 0.4) is 0 Å². The van der Waals surface area contributed by atoms with Crippen LogP contribution >= 0.6 is 11.3 Å². The predicted molar refractivity (Wildman–Crippen MR) is 184 cm³/mol. The molecule has 0 N–H and O–H groups in total. The molecule has 47 heavy (non-hydrogen) atoms. The molecule has 0 radical (unpaired) electrons. The van der Waals surface area contributed by atoms with Crippen LogP contribution in [0.25, 0.3) is 16.8 Å². The monoisotopic (exact) mass is 648 g/mol. The number of esters is 1. The van der Waals surface area contributed by atoms with E-state index in [0.717, 1.165) is 16.3 Å². The molecule has 0 unspecified atom stereocenters. The van der Waals surface area contributed by atoms with Crippen molar-refractivity contribution >= 4 is 34.2 Å². The van der Waals surface area contributed by atoms with Crippen molar-refractivity contribution in [2.24, 2.45) is 4.99 Å². The SMILES string of the molecule is CCOC(=O)C1=C(C)N=c2s/c(=C\c3cccc(OC)c3OCc3cccc4ccccc34)c(=O)n2[C@@H]1c1ccccc1OC(C)C. The van der Waals surface area contributed by atoms with Crippen molar-refractivity contribution in [1.29, 1.82) is 0 Å². The lowest BCUT2D eigenvalue weighted by Gasteiger charge is -2.26. The summed E-state index contributed by atoms with van der Waals surface area (Å²) in [5, 5.41) is 2.23. The van der Waals surface area contributed by atoms with Gasteiger partial charge in [0.05, 0.1) is 35.6 Å². The molecule has 0 bridgehead atoms. The molecule has 0 saturated carbocycles. The minimum atomic E-state index is -0.796. The van der Waals surface area contributed by atoms with Crippen molar-refractivity contribution < 1.29 is 23.7 Å². The van der Waals surface area contributed by atoms with Crippen LogP contribution in [0.2, 0.25) is 0 Å². The minimum Gasteiger partial charge on any atom is -0.493 e. The van der Waals surface area contributed by atoms with Gasteiger partial charge in [0.1, 0.15) is 18.4 Å². The molecule has 8 nitrogen and oxygen atoms in total. The molecule has 240 valence electrons. The first-order valence-electron chi connectivity index (χ1n) is 15.5. The van der Waals surface area contributed by atoms with Gasteiger partial charge in [0, 0.05) is 11.1 Å². The van der Waals surface area contributed by atoms with Crippen LogP contribution in [0.15, 0.2) is 106 Å². The number of allylic oxidation sites excluding steroid dienone is 1. The van der Waals surface area contributed by atoms with E-state index in [4.69, 9.17) is 23.9 Å². The smallest absolute Gasteiger partial charge is 0.338 e. The number of hydrogen-bond acceptors (Lipinski definition) is 8. The van der Waals surface area contributed by atoms with E-state index >= 15 is 0 Å². The maximum Gasteiger partial charge on any atom is 0.338 e. The van der Waals surface area contributed by atoms with E-state index < -0.39 is 12.0 Å². The third kappa shape index (κ3) is 6.31. The first kappa shape index (κ1) is 31.8. The number of para-hydroxylation sites is 2. The number of nitrogens with zero attached hydrogens (tertiary/aromatic N) is 2. The second-order valence-corrected chi connectivity index (χ2v) is 12.3. The lowest BCUT2D eigenvalue weighted by atomic mass is 9.95. The van der Waals surface area contributed by atoms with Gasteiger partial charge >= 0.3 is 5.97 Å². The van der Waals surface area contributed by atoms with E-state index in [1.165, 1.54) is 11.3 Å². The molecule has 2 heterocycles. The highest BCUT2D eigenvalue weighted by Crippen LogP contribution is 2.37.